The first-order valence-electron chi connectivity index (χ1n) is 8.32. The van der Waals surface area contributed by atoms with Gasteiger partial charge in [0.2, 0.25) is 5.91 Å². The second kappa shape index (κ2) is 8.99. The minimum Gasteiger partial charge on any atom is -0.497 e. The summed E-state index contributed by atoms with van der Waals surface area (Å²) in [6.07, 6.45) is 0. The lowest BCUT2D eigenvalue weighted by Gasteiger charge is -2.11. The molecule has 2 aromatic carbocycles. The van der Waals surface area contributed by atoms with Crippen LogP contribution in [0.15, 0.2) is 47.6 Å². The SMILES string of the molecule is COc1ccc(OC)c(NC(=O)CSc2nnc(-c3ccccc3Cl)n2C)c1. The third-order valence-corrected chi connectivity index (χ3v) is 5.31. The highest BCUT2D eigenvalue weighted by molar-refractivity contribution is 7.99. The molecule has 0 aliphatic heterocycles. The molecule has 0 radical (unpaired) electrons. The molecule has 9 heteroatoms. The first kappa shape index (κ1) is 20.0. The van der Waals surface area contributed by atoms with Gasteiger partial charge in [-0.15, -0.1) is 10.2 Å². The van der Waals surface area contributed by atoms with E-state index in [1.54, 1.807) is 38.5 Å². The maximum Gasteiger partial charge on any atom is 0.234 e. The van der Waals surface area contributed by atoms with E-state index in [9.17, 15) is 4.79 Å². The fourth-order valence-electron chi connectivity index (χ4n) is 2.55. The van der Waals surface area contributed by atoms with E-state index in [1.165, 1.54) is 11.8 Å². The van der Waals surface area contributed by atoms with Crippen LogP contribution in [0.1, 0.15) is 0 Å². The second-order valence-electron chi connectivity index (χ2n) is 5.75. The van der Waals surface area contributed by atoms with Gasteiger partial charge in [0.15, 0.2) is 11.0 Å². The van der Waals surface area contributed by atoms with Crippen molar-refractivity contribution >= 4 is 35.0 Å². The van der Waals surface area contributed by atoms with Gasteiger partial charge in [0, 0.05) is 18.7 Å². The molecular weight excluding hydrogens is 400 g/mol. The van der Waals surface area contributed by atoms with Crippen molar-refractivity contribution in [3.8, 4) is 22.9 Å². The lowest BCUT2D eigenvalue weighted by atomic mass is 10.2. The molecule has 146 valence electrons. The molecule has 0 aliphatic carbocycles. The normalized spacial score (nSPS) is 10.6. The van der Waals surface area contributed by atoms with Crippen molar-refractivity contribution in [3.63, 3.8) is 0 Å². The van der Waals surface area contributed by atoms with Gasteiger partial charge in [0.25, 0.3) is 0 Å². The molecule has 0 aliphatic rings. The maximum absolute atomic E-state index is 12.4. The number of rotatable bonds is 7. The Morgan fingerprint density at radius 1 is 1.18 bits per heavy atom. The molecule has 1 N–H and O–H groups in total. The van der Waals surface area contributed by atoms with Crippen molar-refractivity contribution in [2.24, 2.45) is 7.05 Å². The molecule has 0 unspecified atom stereocenters. The Kier molecular flexibility index (Phi) is 6.43. The van der Waals surface area contributed by atoms with Crippen molar-refractivity contribution in [2.75, 3.05) is 25.3 Å². The highest BCUT2D eigenvalue weighted by atomic mass is 35.5. The van der Waals surface area contributed by atoms with Crippen molar-refractivity contribution in [3.05, 3.63) is 47.5 Å². The number of methoxy groups -OCH3 is 2. The summed E-state index contributed by atoms with van der Waals surface area (Å²) >= 11 is 7.52. The number of amides is 1. The van der Waals surface area contributed by atoms with Gasteiger partial charge in [-0.25, -0.2) is 0 Å². The smallest absolute Gasteiger partial charge is 0.234 e. The topological polar surface area (TPSA) is 78.3 Å². The monoisotopic (exact) mass is 418 g/mol. The number of hydrogen-bond acceptors (Lipinski definition) is 6. The second-order valence-corrected chi connectivity index (χ2v) is 7.10. The molecular formula is C19H19ClN4O3S. The number of aromatic nitrogens is 3. The summed E-state index contributed by atoms with van der Waals surface area (Å²) in [5, 5.41) is 12.4. The van der Waals surface area contributed by atoms with Crippen LogP contribution < -0.4 is 14.8 Å². The molecule has 3 aromatic rings. The number of carbonyl (C=O) groups excluding carboxylic acids is 1. The summed E-state index contributed by atoms with van der Waals surface area (Å²) in [5.74, 6) is 1.79. The average molecular weight is 419 g/mol. The highest BCUT2D eigenvalue weighted by Crippen LogP contribution is 2.30. The van der Waals surface area contributed by atoms with E-state index in [1.807, 2.05) is 29.8 Å². The van der Waals surface area contributed by atoms with Crippen LogP contribution in [0.25, 0.3) is 11.4 Å². The zero-order valence-electron chi connectivity index (χ0n) is 15.6. The highest BCUT2D eigenvalue weighted by Gasteiger charge is 2.15. The predicted octanol–water partition coefficient (Wildman–Crippen LogP) is 3.88. The third kappa shape index (κ3) is 4.40. The Bertz CT molecular complexity index is 993. The first-order chi connectivity index (χ1) is 13.5. The number of nitrogens with one attached hydrogen (secondary N) is 1. The van der Waals surface area contributed by atoms with Gasteiger partial charge in [-0.2, -0.15) is 0 Å². The van der Waals surface area contributed by atoms with Crippen molar-refractivity contribution in [1.29, 1.82) is 0 Å². The van der Waals surface area contributed by atoms with Gasteiger partial charge < -0.3 is 19.4 Å². The van der Waals surface area contributed by atoms with Gasteiger partial charge in [-0.05, 0) is 24.3 Å². The molecule has 1 amide bonds. The van der Waals surface area contributed by atoms with Gasteiger partial charge in [-0.3, -0.25) is 4.79 Å². The van der Waals surface area contributed by atoms with Gasteiger partial charge in [-0.1, -0.05) is 35.5 Å². The minimum atomic E-state index is -0.196. The number of benzene rings is 2. The number of carbonyl (C=O) groups is 1. The molecule has 0 saturated heterocycles. The van der Waals surface area contributed by atoms with E-state index in [4.69, 9.17) is 21.1 Å². The van der Waals surface area contributed by atoms with Crippen LogP contribution in [-0.2, 0) is 11.8 Å². The zero-order valence-corrected chi connectivity index (χ0v) is 17.2. The molecule has 0 spiro atoms. The quantitative estimate of drug-likeness (QED) is 0.586. The van der Waals surface area contributed by atoms with Crippen LogP contribution in [0.4, 0.5) is 5.69 Å². The summed E-state index contributed by atoms with van der Waals surface area (Å²) in [6.45, 7) is 0. The number of hydrogen-bond donors (Lipinski definition) is 1. The molecule has 3 rings (SSSR count). The summed E-state index contributed by atoms with van der Waals surface area (Å²) in [5.41, 5.74) is 1.33. The van der Waals surface area contributed by atoms with Gasteiger partial charge in [0.1, 0.15) is 11.5 Å². The molecule has 7 nitrogen and oxygen atoms in total. The largest absolute Gasteiger partial charge is 0.497 e. The van der Waals surface area contributed by atoms with E-state index in [2.05, 4.69) is 15.5 Å². The Hall–Kier alpha value is -2.71. The first-order valence-corrected chi connectivity index (χ1v) is 9.68. The molecule has 1 aromatic heterocycles. The lowest BCUT2D eigenvalue weighted by Crippen LogP contribution is -2.15. The van der Waals surface area contributed by atoms with E-state index >= 15 is 0 Å². The van der Waals surface area contributed by atoms with E-state index < -0.39 is 0 Å². The fraction of sp³-hybridized carbons (Fsp3) is 0.211. The lowest BCUT2D eigenvalue weighted by molar-refractivity contribution is -0.113. The van der Waals surface area contributed by atoms with Crippen LogP contribution in [-0.4, -0.2) is 40.6 Å². The maximum atomic E-state index is 12.4. The van der Waals surface area contributed by atoms with E-state index in [-0.39, 0.29) is 11.7 Å². The van der Waals surface area contributed by atoms with Gasteiger partial charge in [0.05, 0.1) is 30.7 Å². The minimum absolute atomic E-state index is 0.162. The van der Waals surface area contributed by atoms with Crippen LogP contribution in [0.3, 0.4) is 0 Å². The molecule has 28 heavy (non-hydrogen) atoms. The van der Waals surface area contributed by atoms with E-state index in [0.29, 0.717) is 33.2 Å². The summed E-state index contributed by atoms with van der Waals surface area (Å²) in [7, 11) is 4.94. The van der Waals surface area contributed by atoms with E-state index in [0.717, 1.165) is 5.56 Å². The van der Waals surface area contributed by atoms with Crippen LogP contribution in [0.2, 0.25) is 5.02 Å². The molecule has 0 atom stereocenters. The number of anilines is 1. The summed E-state index contributed by atoms with van der Waals surface area (Å²) in [6, 6.07) is 12.6. The molecule has 0 bridgehead atoms. The number of thioether (sulfide) groups is 1. The number of halogens is 1. The molecule has 0 fully saturated rings. The number of ether oxygens (including phenoxy) is 2. The van der Waals surface area contributed by atoms with Crippen LogP contribution in [0.5, 0.6) is 11.5 Å². The Morgan fingerprint density at radius 2 is 1.96 bits per heavy atom. The fourth-order valence-corrected chi connectivity index (χ4v) is 3.48. The molecule has 0 saturated carbocycles. The summed E-state index contributed by atoms with van der Waals surface area (Å²) < 4.78 is 12.3. The van der Waals surface area contributed by atoms with Gasteiger partial charge >= 0.3 is 0 Å². The van der Waals surface area contributed by atoms with Crippen LogP contribution in [0, 0.1) is 0 Å². The van der Waals surface area contributed by atoms with Crippen molar-refractivity contribution in [1.82, 2.24) is 14.8 Å². The third-order valence-electron chi connectivity index (χ3n) is 3.96. The summed E-state index contributed by atoms with van der Waals surface area (Å²) in [4.78, 5) is 12.4. The number of nitrogens with zero attached hydrogens (tertiary/aromatic N) is 3. The standard InChI is InChI=1S/C19H19ClN4O3S/c1-24-18(13-6-4-5-7-14(13)20)22-23-19(24)28-11-17(25)21-15-10-12(26-2)8-9-16(15)27-3/h4-10H,11H2,1-3H3,(H,21,25). The van der Waals surface area contributed by atoms with Crippen molar-refractivity contribution in [2.45, 2.75) is 5.16 Å². The average Bonchev–Trinajstić information content (AvgIpc) is 3.07. The predicted molar refractivity (Wildman–Crippen MR) is 110 cm³/mol. The Labute approximate surface area is 172 Å². The van der Waals surface area contributed by atoms with Crippen molar-refractivity contribution < 1.29 is 14.3 Å². The Balaban J connectivity index is 1.68. The zero-order chi connectivity index (χ0) is 20.1. The molecule has 1 heterocycles. The van der Waals surface area contributed by atoms with Crippen LogP contribution >= 0.6 is 23.4 Å². The Morgan fingerprint density at radius 3 is 2.68 bits per heavy atom.